The van der Waals surface area contributed by atoms with Crippen LogP contribution in [0.2, 0.25) is 0 Å². The van der Waals surface area contributed by atoms with Crippen LogP contribution in [0.15, 0.2) is 41.5 Å². The van der Waals surface area contributed by atoms with Gasteiger partial charge in [0.05, 0.1) is 52.7 Å². The van der Waals surface area contributed by atoms with Gasteiger partial charge >= 0.3 is 0 Å². The Bertz CT molecular complexity index is 1750. The number of rotatable bonds is 1. The van der Waals surface area contributed by atoms with E-state index in [9.17, 15) is 9.59 Å². The summed E-state index contributed by atoms with van der Waals surface area (Å²) in [6, 6.07) is 8.00. The van der Waals surface area contributed by atoms with Crippen molar-refractivity contribution < 1.29 is 14.3 Å². The Morgan fingerprint density at radius 3 is 2.83 bits per heavy atom. The molecule has 8 rings (SSSR count). The summed E-state index contributed by atoms with van der Waals surface area (Å²) in [5.41, 5.74) is 3.71. The Balaban J connectivity index is 1.29. The summed E-state index contributed by atoms with van der Waals surface area (Å²) >= 11 is 0. The van der Waals surface area contributed by atoms with Gasteiger partial charge in [0, 0.05) is 51.7 Å². The van der Waals surface area contributed by atoms with E-state index < -0.39 is 0 Å². The van der Waals surface area contributed by atoms with E-state index in [0.717, 1.165) is 68.7 Å². The second-order valence-electron chi connectivity index (χ2n) is 12.0. The van der Waals surface area contributed by atoms with Gasteiger partial charge in [-0.25, -0.2) is 9.67 Å². The third kappa shape index (κ3) is 4.11. The summed E-state index contributed by atoms with van der Waals surface area (Å²) in [5.74, 6) is 1.27. The maximum atomic E-state index is 13.8. The molecule has 0 radical (unpaired) electrons. The van der Waals surface area contributed by atoms with E-state index in [-0.39, 0.29) is 17.0 Å². The van der Waals surface area contributed by atoms with Gasteiger partial charge in [0.25, 0.3) is 11.5 Å². The van der Waals surface area contributed by atoms with E-state index in [4.69, 9.17) is 14.5 Å². The predicted molar refractivity (Wildman–Crippen MR) is 157 cm³/mol. The molecule has 4 aromatic rings. The number of aryl methyl sites for hydroxylation is 1. The zero-order valence-electron chi connectivity index (χ0n) is 23.6. The number of hydrogen-bond donors (Lipinski definition) is 2. The van der Waals surface area contributed by atoms with Gasteiger partial charge in [-0.1, -0.05) is 0 Å². The lowest BCUT2D eigenvalue weighted by molar-refractivity contribution is 0.0902. The van der Waals surface area contributed by atoms with Crippen LogP contribution in [0.3, 0.4) is 0 Å². The fraction of sp³-hybridized carbons (Fsp3) is 0.467. The molecule has 1 spiro atoms. The van der Waals surface area contributed by atoms with Crippen molar-refractivity contribution in [1.29, 1.82) is 0 Å². The third-order valence-corrected chi connectivity index (χ3v) is 9.42. The molecule has 2 saturated heterocycles. The smallest absolute Gasteiger partial charge is 0.259 e. The molecule has 3 atom stereocenters. The number of morpholine rings is 1. The molecule has 2 N–H and O–H groups in total. The number of carbonyl (C=O) groups is 1. The molecule has 1 aliphatic carbocycles. The molecule has 218 valence electrons. The van der Waals surface area contributed by atoms with Crippen molar-refractivity contribution in [2.75, 3.05) is 62.8 Å². The molecule has 3 unspecified atom stereocenters. The Morgan fingerprint density at radius 2 is 1.95 bits per heavy atom. The molecule has 1 saturated carbocycles. The van der Waals surface area contributed by atoms with Crippen LogP contribution in [0.25, 0.3) is 22.2 Å². The number of aromatic amines is 1. The van der Waals surface area contributed by atoms with Crippen LogP contribution in [-0.2, 0) is 17.3 Å². The number of ether oxygens (including phenoxy) is 2. The van der Waals surface area contributed by atoms with E-state index in [2.05, 4.69) is 48.0 Å². The summed E-state index contributed by atoms with van der Waals surface area (Å²) in [5, 5.41) is 7.49. The Kier molecular flexibility index (Phi) is 5.90. The van der Waals surface area contributed by atoms with Crippen molar-refractivity contribution >= 4 is 28.6 Å². The standard InChI is InChI=1S/C30H34N8O4/c1-35-28-23(16-32-35)22-12-20(15-31-27(22)40)26(39)34-29-33-24-3-2-21(37-7-9-41-10-8-37)13-25(24)38(29)30-5-4-19(14-30)17-36(18-30)6-11-42-28/h2-3,12-13,15-16,19H,4-11,14,17-18H2,1H3,(H,31,40)(H,33,34,39). The fourth-order valence-corrected chi connectivity index (χ4v) is 7.49. The summed E-state index contributed by atoms with van der Waals surface area (Å²) in [7, 11) is 1.79. The van der Waals surface area contributed by atoms with Gasteiger partial charge in [-0.3, -0.25) is 19.8 Å². The third-order valence-electron chi connectivity index (χ3n) is 9.42. The molecule has 4 aliphatic rings. The van der Waals surface area contributed by atoms with Crippen molar-refractivity contribution in [3.05, 3.63) is 52.6 Å². The number of fused-ring (bicyclic) bond motifs is 9. The largest absolute Gasteiger partial charge is 0.476 e. The highest BCUT2D eigenvalue weighted by molar-refractivity contribution is 6.04. The normalized spacial score (nSPS) is 25.6. The van der Waals surface area contributed by atoms with E-state index >= 15 is 0 Å². The highest BCUT2D eigenvalue weighted by Crippen LogP contribution is 2.48. The lowest BCUT2D eigenvalue weighted by Crippen LogP contribution is -2.50. The maximum absolute atomic E-state index is 13.8. The van der Waals surface area contributed by atoms with Crippen molar-refractivity contribution in [2.45, 2.75) is 24.8 Å². The van der Waals surface area contributed by atoms with Crippen molar-refractivity contribution in [1.82, 2.24) is 29.2 Å². The van der Waals surface area contributed by atoms with Gasteiger partial charge in [-0.05, 0) is 49.4 Å². The number of anilines is 2. The molecule has 3 aliphatic heterocycles. The van der Waals surface area contributed by atoms with Crippen LogP contribution in [0, 0.1) is 5.92 Å². The highest BCUT2D eigenvalue weighted by Gasteiger charge is 2.48. The molecule has 1 aromatic carbocycles. The first kappa shape index (κ1) is 25.5. The lowest BCUT2D eigenvalue weighted by Gasteiger charge is -2.42. The number of amides is 1. The SMILES string of the molecule is Cn1ncc2c1OCCN1CC3CCC(C3)(C1)n1c(nc3ccc(N4CCOCC4)cc31)NC(=O)c1c[nH]c(=O)c-2c1. The number of benzene rings is 1. The van der Waals surface area contributed by atoms with Crippen LogP contribution < -0.4 is 20.5 Å². The Hall–Kier alpha value is -4.16. The van der Waals surface area contributed by atoms with Gasteiger partial charge < -0.3 is 23.9 Å². The molecule has 3 aromatic heterocycles. The Labute approximate surface area is 242 Å². The molecule has 1 amide bonds. The van der Waals surface area contributed by atoms with Gasteiger partial charge in [0.2, 0.25) is 11.8 Å². The van der Waals surface area contributed by atoms with Gasteiger partial charge in [-0.2, -0.15) is 5.10 Å². The number of nitrogens with zero attached hydrogens (tertiary/aromatic N) is 6. The van der Waals surface area contributed by atoms with Gasteiger partial charge in [-0.15, -0.1) is 0 Å². The van der Waals surface area contributed by atoms with Crippen LogP contribution >= 0.6 is 0 Å². The minimum Gasteiger partial charge on any atom is -0.476 e. The van der Waals surface area contributed by atoms with Crippen molar-refractivity contribution in [2.24, 2.45) is 13.0 Å². The van der Waals surface area contributed by atoms with Crippen LogP contribution in [0.1, 0.15) is 29.6 Å². The van der Waals surface area contributed by atoms with E-state index in [0.29, 0.717) is 54.3 Å². The molecular formula is C30H34N8O4. The predicted octanol–water partition coefficient (Wildman–Crippen LogP) is 2.42. The minimum atomic E-state index is -0.336. The van der Waals surface area contributed by atoms with Crippen molar-refractivity contribution in [3.8, 4) is 17.0 Å². The number of carbonyl (C=O) groups excluding carboxylic acids is 1. The maximum Gasteiger partial charge on any atom is 0.259 e. The number of hydrogen-bond acceptors (Lipinski definition) is 8. The molecular weight excluding hydrogens is 536 g/mol. The van der Waals surface area contributed by atoms with Crippen LogP contribution in [-0.4, -0.2) is 87.7 Å². The first-order valence-corrected chi connectivity index (χ1v) is 14.7. The molecule has 6 heterocycles. The van der Waals surface area contributed by atoms with Gasteiger partial charge in [0.15, 0.2) is 0 Å². The monoisotopic (exact) mass is 570 g/mol. The number of pyridine rings is 1. The molecule has 12 heteroatoms. The summed E-state index contributed by atoms with van der Waals surface area (Å²) in [6.45, 7) is 6.16. The first-order valence-electron chi connectivity index (χ1n) is 14.7. The molecule has 3 fully saturated rings. The number of aromatic nitrogens is 5. The second kappa shape index (κ2) is 9.70. The zero-order valence-corrected chi connectivity index (χ0v) is 23.6. The number of nitrogens with one attached hydrogen (secondary N) is 2. The van der Waals surface area contributed by atoms with Gasteiger partial charge in [0.1, 0.15) is 6.61 Å². The Morgan fingerprint density at radius 1 is 1.07 bits per heavy atom. The summed E-state index contributed by atoms with van der Waals surface area (Å²) in [6.07, 6.45) is 6.24. The topological polar surface area (TPSA) is 123 Å². The molecule has 42 heavy (non-hydrogen) atoms. The number of H-pyrrole nitrogens is 1. The lowest BCUT2D eigenvalue weighted by atomic mass is 9.90. The average Bonchev–Trinajstić information content (AvgIpc) is 3.65. The van der Waals surface area contributed by atoms with Crippen LogP contribution in [0.4, 0.5) is 11.6 Å². The van der Waals surface area contributed by atoms with Crippen LogP contribution in [0.5, 0.6) is 5.88 Å². The zero-order chi connectivity index (χ0) is 28.4. The van der Waals surface area contributed by atoms with Crippen molar-refractivity contribution in [3.63, 3.8) is 0 Å². The fourth-order valence-electron chi connectivity index (χ4n) is 7.49. The quantitative estimate of drug-likeness (QED) is 0.358. The first-order chi connectivity index (χ1) is 20.5. The summed E-state index contributed by atoms with van der Waals surface area (Å²) < 4.78 is 15.8. The number of piperidine rings is 1. The second-order valence-corrected chi connectivity index (χ2v) is 12.0. The summed E-state index contributed by atoms with van der Waals surface area (Å²) in [4.78, 5) is 39.3. The average molecular weight is 571 g/mol. The molecule has 5 bridgehead atoms. The molecule has 12 nitrogen and oxygen atoms in total. The van der Waals surface area contributed by atoms with E-state index in [1.54, 1.807) is 24.0 Å². The number of imidazole rings is 1. The van der Waals surface area contributed by atoms with E-state index in [1.165, 1.54) is 6.20 Å². The minimum absolute atomic E-state index is 0.210. The highest BCUT2D eigenvalue weighted by atomic mass is 16.5. The van der Waals surface area contributed by atoms with E-state index in [1.807, 2.05) is 0 Å².